The summed E-state index contributed by atoms with van der Waals surface area (Å²) < 4.78 is 0. The van der Waals surface area contributed by atoms with E-state index >= 15 is 0 Å². The number of β-lactam (4-membered cyclic amide) rings is 1. The summed E-state index contributed by atoms with van der Waals surface area (Å²) in [4.78, 5) is 52.6. The Morgan fingerprint density at radius 1 is 1.43 bits per heavy atom. The van der Waals surface area contributed by atoms with Crippen LogP contribution in [0.15, 0.2) is 17.5 Å². The third-order valence-corrected chi connectivity index (χ3v) is 8.47. The Bertz CT molecular complexity index is 784. The van der Waals surface area contributed by atoms with Crippen molar-refractivity contribution in [1.29, 1.82) is 0 Å². The molecule has 2 aliphatic heterocycles. The second kappa shape index (κ2) is 8.46. The first-order valence-electron chi connectivity index (χ1n) is 8.99. The first-order valence-corrected chi connectivity index (χ1v) is 11.9. The molecule has 0 aliphatic carbocycles. The van der Waals surface area contributed by atoms with Crippen molar-refractivity contribution in [2.24, 2.45) is 5.41 Å². The number of rotatable bonds is 7. The number of carbonyl (C=O) groups is 4. The second-order valence-corrected chi connectivity index (χ2v) is 9.93. The van der Waals surface area contributed by atoms with Gasteiger partial charge in [0.25, 0.3) is 0 Å². The fourth-order valence-corrected chi connectivity index (χ4v) is 6.94. The summed E-state index contributed by atoms with van der Waals surface area (Å²) >= 11 is 3.68. The molecule has 2 saturated heterocycles. The first kappa shape index (κ1) is 21.2. The van der Waals surface area contributed by atoms with Crippen molar-refractivity contribution in [3.8, 4) is 0 Å². The molecular formula is C18H22N2O5S3. The lowest BCUT2D eigenvalue weighted by molar-refractivity contribution is -0.159. The van der Waals surface area contributed by atoms with Crippen LogP contribution in [-0.4, -0.2) is 62.4 Å². The zero-order valence-corrected chi connectivity index (χ0v) is 18.1. The van der Waals surface area contributed by atoms with Crippen LogP contribution in [0.1, 0.15) is 26.7 Å². The molecule has 2 amide bonds. The van der Waals surface area contributed by atoms with E-state index in [0.29, 0.717) is 10.8 Å². The van der Waals surface area contributed by atoms with Crippen molar-refractivity contribution in [2.45, 2.75) is 38.1 Å². The maximum Gasteiger partial charge on any atom is 0.320 e. The number of amides is 2. The monoisotopic (exact) mass is 442 g/mol. The van der Waals surface area contributed by atoms with E-state index < -0.39 is 22.5 Å². The number of fused-ring (bicyclic) bond motifs is 1. The smallest absolute Gasteiger partial charge is 0.320 e. The Balaban J connectivity index is 1.78. The normalized spacial score (nSPS) is 26.4. The molecular weight excluding hydrogens is 420 g/mol. The van der Waals surface area contributed by atoms with E-state index in [9.17, 15) is 24.3 Å². The SMILES string of the molecule is CCCCSC(=O)C1(C(=O)O)CS[C@@H]2C(N(C(C)=O)c3cccs3)C(=O)N2C1. The molecule has 0 bridgehead atoms. The minimum atomic E-state index is -1.59. The number of unbranched alkanes of at least 4 members (excludes halogenated alkanes) is 1. The van der Waals surface area contributed by atoms with Gasteiger partial charge in [0, 0.05) is 25.0 Å². The predicted octanol–water partition coefficient (Wildman–Crippen LogP) is 2.52. The zero-order chi connectivity index (χ0) is 20.5. The predicted molar refractivity (Wildman–Crippen MR) is 112 cm³/mol. The molecule has 0 aromatic carbocycles. The van der Waals surface area contributed by atoms with Crippen molar-refractivity contribution >= 4 is 62.8 Å². The third kappa shape index (κ3) is 3.57. The Morgan fingerprint density at radius 2 is 2.18 bits per heavy atom. The Hall–Kier alpha value is -1.52. The number of thiophene rings is 1. The van der Waals surface area contributed by atoms with E-state index in [1.165, 1.54) is 39.8 Å². The summed E-state index contributed by atoms with van der Waals surface area (Å²) in [6.45, 7) is 3.29. The summed E-state index contributed by atoms with van der Waals surface area (Å²) in [7, 11) is 0. The van der Waals surface area contributed by atoms with Gasteiger partial charge in [-0.3, -0.25) is 24.1 Å². The summed E-state index contributed by atoms with van der Waals surface area (Å²) in [5.41, 5.74) is -1.59. The van der Waals surface area contributed by atoms with Crippen LogP contribution in [0, 0.1) is 5.41 Å². The molecule has 1 aromatic heterocycles. The van der Waals surface area contributed by atoms with E-state index in [1.807, 2.05) is 18.4 Å². The molecule has 10 heteroatoms. The quantitative estimate of drug-likeness (QED) is 0.394. The van der Waals surface area contributed by atoms with E-state index in [0.717, 1.165) is 24.6 Å². The molecule has 0 saturated carbocycles. The lowest BCUT2D eigenvalue weighted by Gasteiger charge is -2.55. The minimum absolute atomic E-state index is 0.0986. The maximum absolute atomic E-state index is 12.8. The van der Waals surface area contributed by atoms with Crippen LogP contribution in [-0.2, 0) is 19.2 Å². The Labute approximate surface area is 175 Å². The van der Waals surface area contributed by atoms with Crippen molar-refractivity contribution in [1.82, 2.24) is 4.90 Å². The molecule has 0 spiro atoms. The van der Waals surface area contributed by atoms with Crippen LogP contribution in [0.4, 0.5) is 5.00 Å². The van der Waals surface area contributed by atoms with Gasteiger partial charge < -0.3 is 10.0 Å². The van der Waals surface area contributed by atoms with Crippen molar-refractivity contribution in [3.05, 3.63) is 17.5 Å². The van der Waals surface area contributed by atoms with Crippen LogP contribution < -0.4 is 4.90 Å². The highest BCUT2D eigenvalue weighted by molar-refractivity contribution is 8.13. The highest BCUT2D eigenvalue weighted by atomic mass is 32.2. The van der Waals surface area contributed by atoms with Gasteiger partial charge in [-0.15, -0.1) is 23.1 Å². The molecule has 7 nitrogen and oxygen atoms in total. The van der Waals surface area contributed by atoms with Crippen LogP contribution in [0.3, 0.4) is 0 Å². The first-order chi connectivity index (χ1) is 13.3. The number of thioether (sulfide) groups is 2. The standard InChI is InChI=1S/C18H22N2O5S3/c1-3-4-7-27-17(25)18(16(23)24)9-19-14(22)13(15(19)28-10-18)20(11(2)21)12-6-5-8-26-12/h5-6,8,13,15H,3-4,7,9-10H2,1-2H3,(H,23,24)/t13?,15-,18?/m1/s1. The fraction of sp³-hybridized carbons (Fsp3) is 0.556. The lowest BCUT2D eigenvalue weighted by atomic mass is 9.88. The van der Waals surface area contributed by atoms with E-state index in [-0.39, 0.29) is 29.5 Å². The second-order valence-electron chi connectivity index (χ2n) is 6.83. The highest BCUT2D eigenvalue weighted by Crippen LogP contribution is 2.46. The van der Waals surface area contributed by atoms with Crippen LogP contribution in [0.2, 0.25) is 0 Å². The molecule has 2 unspecified atom stereocenters. The molecule has 0 radical (unpaired) electrons. The van der Waals surface area contributed by atoms with E-state index in [2.05, 4.69) is 0 Å². The minimum Gasteiger partial charge on any atom is -0.480 e. The number of hydrogen-bond donors (Lipinski definition) is 1. The third-order valence-electron chi connectivity index (χ3n) is 4.95. The number of aliphatic carboxylic acids is 1. The molecule has 3 atom stereocenters. The van der Waals surface area contributed by atoms with Crippen LogP contribution in [0.5, 0.6) is 0 Å². The van der Waals surface area contributed by atoms with Gasteiger partial charge >= 0.3 is 5.97 Å². The number of nitrogens with zero attached hydrogens (tertiary/aromatic N) is 2. The van der Waals surface area contributed by atoms with Gasteiger partial charge in [0.15, 0.2) is 5.41 Å². The maximum atomic E-state index is 12.8. The lowest BCUT2D eigenvalue weighted by Crippen LogP contribution is -2.75. The number of carboxylic acid groups (broad SMARTS) is 1. The topological polar surface area (TPSA) is 95.0 Å². The molecule has 1 N–H and O–H groups in total. The Kier molecular flexibility index (Phi) is 6.41. The molecule has 2 fully saturated rings. The molecule has 28 heavy (non-hydrogen) atoms. The number of hydrogen-bond acceptors (Lipinski definition) is 7. The van der Waals surface area contributed by atoms with Crippen molar-refractivity contribution < 1.29 is 24.3 Å². The number of anilines is 1. The molecule has 2 aliphatic rings. The van der Waals surface area contributed by atoms with Gasteiger partial charge in [-0.25, -0.2) is 0 Å². The van der Waals surface area contributed by atoms with Gasteiger partial charge in [-0.1, -0.05) is 25.1 Å². The Morgan fingerprint density at radius 3 is 2.75 bits per heavy atom. The van der Waals surface area contributed by atoms with Gasteiger partial charge in [0.05, 0.1) is 5.00 Å². The fourth-order valence-electron chi connectivity index (χ4n) is 3.34. The summed E-state index contributed by atoms with van der Waals surface area (Å²) in [6, 6.07) is 2.94. The largest absolute Gasteiger partial charge is 0.480 e. The van der Waals surface area contributed by atoms with Gasteiger partial charge in [0.1, 0.15) is 11.4 Å². The average molecular weight is 443 g/mol. The zero-order valence-electron chi connectivity index (χ0n) is 15.6. The summed E-state index contributed by atoms with van der Waals surface area (Å²) in [5.74, 6) is -1.06. The number of carboxylic acids is 1. The molecule has 152 valence electrons. The van der Waals surface area contributed by atoms with Gasteiger partial charge in [-0.2, -0.15) is 0 Å². The van der Waals surface area contributed by atoms with Crippen LogP contribution in [0.25, 0.3) is 0 Å². The molecule has 1 aromatic rings. The van der Waals surface area contributed by atoms with E-state index in [4.69, 9.17) is 0 Å². The summed E-state index contributed by atoms with van der Waals surface area (Å²) in [6.07, 6.45) is 1.76. The van der Waals surface area contributed by atoms with Gasteiger partial charge in [-0.05, 0) is 23.9 Å². The van der Waals surface area contributed by atoms with Crippen molar-refractivity contribution in [2.75, 3.05) is 23.0 Å². The number of carbonyl (C=O) groups excluding carboxylic acids is 3. The van der Waals surface area contributed by atoms with Crippen LogP contribution >= 0.6 is 34.9 Å². The highest BCUT2D eigenvalue weighted by Gasteiger charge is 2.61. The van der Waals surface area contributed by atoms with Crippen molar-refractivity contribution in [3.63, 3.8) is 0 Å². The molecule has 3 heterocycles. The van der Waals surface area contributed by atoms with Gasteiger partial charge in [0.2, 0.25) is 16.9 Å². The summed E-state index contributed by atoms with van der Waals surface area (Å²) in [5, 5.41) is 11.6. The van der Waals surface area contributed by atoms with E-state index in [1.54, 1.807) is 6.07 Å². The molecule has 3 rings (SSSR count). The average Bonchev–Trinajstić information content (AvgIpc) is 3.18.